The van der Waals surface area contributed by atoms with Crippen molar-refractivity contribution in [2.24, 2.45) is 0 Å². The molecule has 254 valence electrons. The van der Waals surface area contributed by atoms with E-state index in [0.29, 0.717) is 25.0 Å². The summed E-state index contributed by atoms with van der Waals surface area (Å²) in [4.78, 5) is 20.2. The van der Waals surface area contributed by atoms with E-state index in [0.717, 1.165) is 75.6 Å². The molecule has 1 N–H and O–H groups in total. The second-order valence-corrected chi connectivity index (χ2v) is 11.7. The van der Waals surface area contributed by atoms with E-state index in [1.54, 1.807) is 21.1 Å². The van der Waals surface area contributed by atoms with E-state index in [1.165, 1.54) is 0 Å². The molecule has 1 unspecified atom stereocenters. The molecule has 5 rings (SSSR count). The molecule has 0 bridgehead atoms. The van der Waals surface area contributed by atoms with Gasteiger partial charge in [-0.3, -0.25) is 0 Å². The molecule has 2 aromatic carbocycles. The van der Waals surface area contributed by atoms with Crippen molar-refractivity contribution in [1.29, 1.82) is 0 Å². The number of carboxylic acids is 1. The number of aromatic nitrogens is 2. The van der Waals surface area contributed by atoms with Gasteiger partial charge in [0.05, 0.1) is 45.3 Å². The fraction of sp³-hybridized carbons (Fsp3) is 0.457. The minimum Gasteiger partial charge on any atom is -0.497 e. The maximum atomic E-state index is 11.2. The summed E-state index contributed by atoms with van der Waals surface area (Å²) in [6.45, 7) is 6.32. The maximum Gasteiger partial charge on any atom is 0.335 e. The van der Waals surface area contributed by atoms with E-state index in [9.17, 15) is 9.90 Å². The van der Waals surface area contributed by atoms with Crippen molar-refractivity contribution in [3.8, 4) is 34.4 Å². The predicted molar refractivity (Wildman–Crippen MR) is 184 cm³/mol. The number of hydrogen-bond donors (Lipinski definition) is 1. The fourth-order valence-corrected chi connectivity index (χ4v) is 5.80. The minimum atomic E-state index is -1.00. The number of carbonyl (C=O) groups is 1. The summed E-state index contributed by atoms with van der Waals surface area (Å²) in [6.07, 6.45) is 2.58. The zero-order valence-corrected chi connectivity index (χ0v) is 29.7. The number of halogens is 1. The van der Waals surface area contributed by atoms with Gasteiger partial charge < -0.3 is 37.6 Å². The number of benzene rings is 2. The second-order valence-electron chi connectivity index (χ2n) is 11.0. The minimum absolute atomic E-state index is 0.0329. The van der Waals surface area contributed by atoms with Gasteiger partial charge in [-0.2, -0.15) is 0 Å². The Kier molecular flexibility index (Phi) is 14.1. The molecule has 1 aliphatic rings. The summed E-state index contributed by atoms with van der Waals surface area (Å²) < 4.78 is 39.9. The molecule has 0 spiro atoms. The number of hydrogen-bond acceptors (Lipinski definition) is 10. The van der Waals surface area contributed by atoms with Gasteiger partial charge in [-0.15, -0.1) is 0 Å². The molecule has 2 aromatic heterocycles. The summed E-state index contributed by atoms with van der Waals surface area (Å²) in [5, 5.41) is 9.18. The largest absolute Gasteiger partial charge is 0.497 e. The van der Waals surface area contributed by atoms with Crippen LogP contribution in [0.5, 0.6) is 11.5 Å². The highest BCUT2D eigenvalue weighted by Gasteiger charge is 2.26. The first-order valence-electron chi connectivity index (χ1n) is 15.6. The standard InChI is InChI=1S/C23H31NO7.C12H12INO2/c1-4-28-21(23(25)26)14-30-19-10-6-9-18(12-19)29-13-20-15(2)31-22(24-20)16-7-5-8-17(11-16)27-3;1-8-11(7-13)14-12(16-8)9-4-3-5-10(6-9)15-2/h5,7-8,11,18-19,21H,4,6,9-10,12-14H2,1-3H3,(H,25,26);3-6H,7H2,1-2H3/t18-,19+,21?;/m0./s1. The van der Waals surface area contributed by atoms with Crippen LogP contribution < -0.4 is 9.47 Å². The lowest BCUT2D eigenvalue weighted by Gasteiger charge is -2.29. The molecule has 2 heterocycles. The number of nitrogens with zero attached hydrogens (tertiary/aromatic N) is 2. The second kappa shape index (κ2) is 18.2. The van der Waals surface area contributed by atoms with Crippen LogP contribution in [0.4, 0.5) is 0 Å². The summed E-state index contributed by atoms with van der Waals surface area (Å²) in [5.74, 6) is 3.35. The average molecular weight is 763 g/mol. The van der Waals surface area contributed by atoms with Gasteiger partial charge in [-0.05, 0) is 82.9 Å². The lowest BCUT2D eigenvalue weighted by atomic mass is 9.95. The molecule has 1 aliphatic carbocycles. The summed E-state index contributed by atoms with van der Waals surface area (Å²) in [7, 11) is 3.27. The third-order valence-corrected chi connectivity index (χ3v) is 8.43. The number of rotatable bonds is 14. The van der Waals surface area contributed by atoms with Gasteiger partial charge in [0.2, 0.25) is 11.8 Å². The Balaban J connectivity index is 0.000000261. The predicted octanol–water partition coefficient (Wildman–Crippen LogP) is 7.59. The average Bonchev–Trinajstić information content (AvgIpc) is 3.67. The Morgan fingerprint density at radius 2 is 1.47 bits per heavy atom. The fourth-order valence-electron chi connectivity index (χ4n) is 5.09. The van der Waals surface area contributed by atoms with Crippen molar-refractivity contribution < 1.29 is 42.4 Å². The van der Waals surface area contributed by atoms with Crippen LogP contribution in [0.25, 0.3) is 22.9 Å². The van der Waals surface area contributed by atoms with Crippen molar-refractivity contribution >= 4 is 28.6 Å². The highest BCUT2D eigenvalue weighted by Crippen LogP contribution is 2.29. The van der Waals surface area contributed by atoms with Crippen LogP contribution >= 0.6 is 22.6 Å². The number of ether oxygens (including phenoxy) is 5. The quantitative estimate of drug-likeness (QED) is 0.101. The molecular formula is C35H43IN2O9. The van der Waals surface area contributed by atoms with Gasteiger partial charge in [0.1, 0.15) is 28.7 Å². The number of methoxy groups -OCH3 is 2. The van der Waals surface area contributed by atoms with Crippen LogP contribution in [0.15, 0.2) is 57.4 Å². The van der Waals surface area contributed by atoms with Crippen molar-refractivity contribution in [2.45, 2.75) is 75.8 Å². The van der Waals surface area contributed by atoms with Crippen molar-refractivity contribution in [3.63, 3.8) is 0 Å². The highest BCUT2D eigenvalue weighted by molar-refractivity contribution is 14.1. The Morgan fingerprint density at radius 1 is 0.915 bits per heavy atom. The topological polar surface area (TPSA) is 136 Å². The van der Waals surface area contributed by atoms with Gasteiger partial charge in [-0.1, -0.05) is 34.7 Å². The zero-order valence-electron chi connectivity index (χ0n) is 27.5. The van der Waals surface area contributed by atoms with Gasteiger partial charge in [0.15, 0.2) is 6.10 Å². The van der Waals surface area contributed by atoms with Crippen LogP contribution in [0.3, 0.4) is 0 Å². The summed E-state index contributed by atoms with van der Waals surface area (Å²) in [5.41, 5.74) is 3.56. The molecular weight excluding hydrogens is 719 g/mol. The molecule has 1 saturated carbocycles. The van der Waals surface area contributed by atoms with E-state index in [2.05, 4.69) is 32.6 Å². The molecule has 4 aromatic rings. The Morgan fingerprint density at radius 3 is 1.98 bits per heavy atom. The van der Waals surface area contributed by atoms with Crippen LogP contribution in [0.2, 0.25) is 0 Å². The molecule has 47 heavy (non-hydrogen) atoms. The van der Waals surface area contributed by atoms with Gasteiger partial charge in [-0.25, -0.2) is 14.8 Å². The smallest absolute Gasteiger partial charge is 0.335 e. The SMILES string of the molecule is CCOC(CO[C@@H]1CCC[C@H](OCc2nc(-c3cccc(OC)c3)oc2C)C1)C(=O)O.COc1cccc(-c2nc(CI)c(C)o2)c1. The molecule has 1 fully saturated rings. The molecule has 0 amide bonds. The number of alkyl halides is 1. The maximum absolute atomic E-state index is 11.2. The molecule has 11 nitrogen and oxygen atoms in total. The van der Waals surface area contributed by atoms with E-state index in [4.69, 9.17) is 32.5 Å². The number of aliphatic carboxylic acids is 1. The number of oxazole rings is 2. The van der Waals surface area contributed by atoms with Crippen molar-refractivity contribution in [3.05, 3.63) is 71.4 Å². The van der Waals surface area contributed by atoms with Crippen LogP contribution in [0, 0.1) is 13.8 Å². The first kappa shape index (κ1) is 36.4. The first-order valence-corrected chi connectivity index (χ1v) is 17.1. The van der Waals surface area contributed by atoms with E-state index < -0.39 is 12.1 Å². The third-order valence-electron chi connectivity index (χ3n) is 7.71. The van der Waals surface area contributed by atoms with E-state index in [-0.39, 0.29) is 18.8 Å². The molecule has 12 heteroatoms. The summed E-state index contributed by atoms with van der Waals surface area (Å²) in [6, 6.07) is 15.3. The monoisotopic (exact) mass is 762 g/mol. The first-order chi connectivity index (χ1) is 22.7. The molecule has 3 atom stereocenters. The van der Waals surface area contributed by atoms with Gasteiger partial charge in [0.25, 0.3) is 0 Å². The number of carboxylic acid groups (broad SMARTS) is 1. The molecule has 0 saturated heterocycles. The normalized spacial score (nSPS) is 16.6. The molecule has 0 radical (unpaired) electrons. The number of aryl methyl sites for hydroxylation is 2. The van der Waals surface area contributed by atoms with Crippen LogP contribution in [-0.4, -0.2) is 66.8 Å². The molecule has 0 aliphatic heterocycles. The van der Waals surface area contributed by atoms with E-state index in [1.807, 2.05) is 62.4 Å². The third kappa shape index (κ3) is 10.5. The highest BCUT2D eigenvalue weighted by atomic mass is 127. The zero-order chi connectivity index (χ0) is 33.8. The van der Waals surface area contributed by atoms with Gasteiger partial charge in [0, 0.05) is 22.2 Å². The van der Waals surface area contributed by atoms with Crippen molar-refractivity contribution in [2.75, 3.05) is 27.4 Å². The van der Waals surface area contributed by atoms with E-state index >= 15 is 0 Å². The van der Waals surface area contributed by atoms with Crippen LogP contribution in [-0.2, 0) is 30.0 Å². The van der Waals surface area contributed by atoms with Crippen LogP contribution in [0.1, 0.15) is 55.5 Å². The Labute approximate surface area is 289 Å². The van der Waals surface area contributed by atoms with Gasteiger partial charge >= 0.3 is 5.97 Å². The lowest BCUT2D eigenvalue weighted by Crippen LogP contribution is -2.34. The Bertz CT molecular complexity index is 1570. The van der Waals surface area contributed by atoms with Crippen molar-refractivity contribution in [1.82, 2.24) is 9.97 Å². The Hall–Kier alpha value is -3.46. The lowest BCUT2D eigenvalue weighted by molar-refractivity contribution is -0.157. The summed E-state index contributed by atoms with van der Waals surface area (Å²) >= 11 is 2.28.